The lowest BCUT2D eigenvalue weighted by molar-refractivity contribution is -0.0512. The molecule has 0 bridgehead atoms. The monoisotopic (exact) mass is 255 g/mol. The molecule has 1 saturated carbocycles. The fourth-order valence-electron chi connectivity index (χ4n) is 2.32. The zero-order chi connectivity index (χ0) is 13.4. The summed E-state index contributed by atoms with van der Waals surface area (Å²) in [6.07, 6.45) is 0.205. The molecule has 0 aliphatic heterocycles. The van der Waals surface area contributed by atoms with Gasteiger partial charge in [-0.05, 0) is 19.8 Å². The van der Waals surface area contributed by atoms with Crippen molar-refractivity contribution in [1.82, 2.24) is 9.55 Å². The van der Waals surface area contributed by atoms with E-state index in [1.165, 1.54) is 10.8 Å². The Morgan fingerprint density at radius 2 is 2.00 bits per heavy atom. The standard InChI is InChI=1S/C11H17N3O4/c1-5-4-14(11(18)13-10(5)17)7-3-2-6(12)8(15)9(7)16/h4,6-9,15-16H,2-3,12H2,1H3,(H,13,17,18)/t6-,7-,8-,9-/m1/s1. The van der Waals surface area contributed by atoms with Gasteiger partial charge in [-0.25, -0.2) is 4.79 Å². The number of H-pyrrole nitrogens is 1. The zero-order valence-electron chi connectivity index (χ0n) is 10.0. The Kier molecular flexibility index (Phi) is 3.38. The highest BCUT2D eigenvalue weighted by molar-refractivity contribution is 5.04. The van der Waals surface area contributed by atoms with Crippen LogP contribution in [0, 0.1) is 6.92 Å². The molecule has 2 rings (SSSR count). The third-order valence-corrected chi connectivity index (χ3v) is 3.48. The minimum Gasteiger partial charge on any atom is -0.389 e. The lowest BCUT2D eigenvalue weighted by Gasteiger charge is -2.36. The fraction of sp³-hybridized carbons (Fsp3) is 0.636. The van der Waals surface area contributed by atoms with E-state index >= 15 is 0 Å². The Balaban J connectivity index is 2.41. The number of aromatic nitrogens is 2. The van der Waals surface area contributed by atoms with Crippen molar-refractivity contribution in [3.05, 3.63) is 32.6 Å². The molecule has 100 valence electrons. The molecular weight excluding hydrogens is 238 g/mol. The number of aliphatic hydroxyl groups excluding tert-OH is 2. The number of nitrogens with two attached hydrogens (primary N) is 1. The third kappa shape index (κ3) is 2.12. The number of hydrogen-bond donors (Lipinski definition) is 4. The van der Waals surface area contributed by atoms with E-state index in [4.69, 9.17) is 5.73 Å². The summed E-state index contributed by atoms with van der Waals surface area (Å²) < 4.78 is 1.26. The van der Waals surface area contributed by atoms with Crippen molar-refractivity contribution < 1.29 is 10.2 Å². The molecule has 0 spiro atoms. The normalized spacial score (nSPS) is 32.4. The molecule has 1 heterocycles. The predicted molar refractivity (Wildman–Crippen MR) is 64.3 cm³/mol. The summed E-state index contributed by atoms with van der Waals surface area (Å²) in [4.78, 5) is 25.2. The molecule has 7 nitrogen and oxygen atoms in total. The second-order valence-corrected chi connectivity index (χ2v) is 4.77. The maximum absolute atomic E-state index is 11.7. The maximum Gasteiger partial charge on any atom is 0.328 e. The van der Waals surface area contributed by atoms with Crippen LogP contribution < -0.4 is 17.0 Å². The molecule has 1 aromatic rings. The van der Waals surface area contributed by atoms with E-state index in [9.17, 15) is 19.8 Å². The van der Waals surface area contributed by atoms with Gasteiger partial charge in [0.15, 0.2) is 0 Å². The van der Waals surface area contributed by atoms with Crippen LogP contribution in [0.15, 0.2) is 15.8 Å². The molecule has 1 aliphatic carbocycles. The van der Waals surface area contributed by atoms with Gasteiger partial charge in [-0.2, -0.15) is 0 Å². The third-order valence-electron chi connectivity index (χ3n) is 3.48. The van der Waals surface area contributed by atoms with Crippen molar-refractivity contribution in [2.75, 3.05) is 0 Å². The molecule has 0 aromatic carbocycles. The van der Waals surface area contributed by atoms with Gasteiger partial charge in [0.05, 0.1) is 12.1 Å². The van der Waals surface area contributed by atoms with E-state index < -0.39 is 35.5 Å². The van der Waals surface area contributed by atoms with Gasteiger partial charge in [0, 0.05) is 17.8 Å². The zero-order valence-corrected chi connectivity index (χ0v) is 10.0. The molecule has 0 amide bonds. The molecule has 4 atom stereocenters. The molecule has 0 saturated heterocycles. The first-order chi connectivity index (χ1) is 8.41. The smallest absolute Gasteiger partial charge is 0.328 e. The van der Waals surface area contributed by atoms with Crippen LogP contribution in [0.4, 0.5) is 0 Å². The van der Waals surface area contributed by atoms with Crippen LogP contribution in [0.2, 0.25) is 0 Å². The van der Waals surface area contributed by atoms with Crippen molar-refractivity contribution in [3.8, 4) is 0 Å². The Morgan fingerprint density at radius 3 is 2.67 bits per heavy atom. The SMILES string of the molecule is Cc1cn([C@@H]2CC[C@@H](N)[C@@H](O)[C@@H]2O)c(=O)[nH]c1=O. The lowest BCUT2D eigenvalue weighted by Crippen LogP contribution is -2.52. The number of rotatable bonds is 1. The first kappa shape index (κ1) is 13.0. The molecule has 0 unspecified atom stereocenters. The van der Waals surface area contributed by atoms with Crippen LogP contribution in [0.25, 0.3) is 0 Å². The molecule has 5 N–H and O–H groups in total. The van der Waals surface area contributed by atoms with Crippen LogP contribution >= 0.6 is 0 Å². The first-order valence-electron chi connectivity index (χ1n) is 5.85. The average molecular weight is 255 g/mol. The van der Waals surface area contributed by atoms with Crippen LogP contribution in [-0.4, -0.2) is 38.0 Å². The lowest BCUT2D eigenvalue weighted by atomic mass is 9.86. The molecule has 1 fully saturated rings. The summed E-state index contributed by atoms with van der Waals surface area (Å²) in [6, 6.07) is -1.06. The largest absolute Gasteiger partial charge is 0.389 e. The molecule has 1 aromatic heterocycles. The van der Waals surface area contributed by atoms with Crippen LogP contribution in [0.5, 0.6) is 0 Å². The summed E-state index contributed by atoms with van der Waals surface area (Å²) in [7, 11) is 0. The number of hydrogen-bond acceptors (Lipinski definition) is 5. The van der Waals surface area contributed by atoms with Gasteiger partial charge in [0.1, 0.15) is 6.10 Å². The van der Waals surface area contributed by atoms with E-state index in [1.54, 1.807) is 6.92 Å². The summed E-state index contributed by atoms with van der Waals surface area (Å²) >= 11 is 0. The summed E-state index contributed by atoms with van der Waals surface area (Å²) in [6.45, 7) is 1.58. The van der Waals surface area contributed by atoms with Gasteiger partial charge >= 0.3 is 5.69 Å². The molecule has 18 heavy (non-hydrogen) atoms. The Bertz CT molecular complexity index is 550. The molecular formula is C11H17N3O4. The average Bonchev–Trinajstić information content (AvgIpc) is 2.32. The topological polar surface area (TPSA) is 121 Å². The molecule has 1 aliphatic rings. The number of nitrogens with zero attached hydrogens (tertiary/aromatic N) is 1. The van der Waals surface area contributed by atoms with E-state index in [1.807, 2.05) is 0 Å². The second-order valence-electron chi connectivity index (χ2n) is 4.77. The Labute approximate surface area is 103 Å². The Morgan fingerprint density at radius 1 is 1.33 bits per heavy atom. The summed E-state index contributed by atoms with van der Waals surface area (Å²) in [5.41, 5.74) is 5.00. The second kappa shape index (κ2) is 4.68. The quantitative estimate of drug-likeness (QED) is 0.473. The van der Waals surface area contributed by atoms with Gasteiger partial charge in [0.2, 0.25) is 0 Å². The highest BCUT2D eigenvalue weighted by Crippen LogP contribution is 2.27. The van der Waals surface area contributed by atoms with E-state index in [-0.39, 0.29) is 0 Å². The summed E-state index contributed by atoms with van der Waals surface area (Å²) in [5, 5.41) is 19.7. The van der Waals surface area contributed by atoms with Gasteiger partial charge in [-0.3, -0.25) is 14.3 Å². The Hall–Kier alpha value is -1.44. The number of aliphatic hydroxyl groups is 2. The van der Waals surface area contributed by atoms with Crippen LogP contribution in [0.3, 0.4) is 0 Å². The fourth-order valence-corrected chi connectivity index (χ4v) is 2.32. The van der Waals surface area contributed by atoms with Crippen LogP contribution in [-0.2, 0) is 0 Å². The first-order valence-corrected chi connectivity index (χ1v) is 5.85. The predicted octanol–water partition coefficient (Wildman–Crippen LogP) is -1.77. The highest BCUT2D eigenvalue weighted by Gasteiger charge is 2.37. The van der Waals surface area contributed by atoms with Crippen LogP contribution in [0.1, 0.15) is 24.4 Å². The van der Waals surface area contributed by atoms with Gasteiger partial charge in [-0.15, -0.1) is 0 Å². The van der Waals surface area contributed by atoms with E-state index in [0.29, 0.717) is 18.4 Å². The summed E-state index contributed by atoms with van der Waals surface area (Å²) in [5.74, 6) is 0. The van der Waals surface area contributed by atoms with Gasteiger partial charge in [0.25, 0.3) is 5.56 Å². The van der Waals surface area contributed by atoms with Crippen molar-refractivity contribution in [2.24, 2.45) is 5.73 Å². The van der Waals surface area contributed by atoms with Crippen molar-refractivity contribution in [3.63, 3.8) is 0 Å². The van der Waals surface area contributed by atoms with E-state index in [2.05, 4.69) is 4.98 Å². The van der Waals surface area contributed by atoms with Gasteiger partial charge in [-0.1, -0.05) is 0 Å². The van der Waals surface area contributed by atoms with Crippen molar-refractivity contribution in [1.29, 1.82) is 0 Å². The number of aryl methyl sites for hydroxylation is 1. The molecule has 7 heteroatoms. The number of nitrogens with one attached hydrogen (secondary N) is 1. The molecule has 0 radical (unpaired) electrons. The van der Waals surface area contributed by atoms with Gasteiger partial charge < -0.3 is 15.9 Å². The minimum absolute atomic E-state index is 0.381. The number of aromatic amines is 1. The van der Waals surface area contributed by atoms with E-state index in [0.717, 1.165) is 0 Å². The maximum atomic E-state index is 11.7. The highest BCUT2D eigenvalue weighted by atomic mass is 16.3. The minimum atomic E-state index is -1.11. The van der Waals surface area contributed by atoms with Crippen molar-refractivity contribution >= 4 is 0 Å². The van der Waals surface area contributed by atoms with Crippen molar-refractivity contribution in [2.45, 2.75) is 44.1 Å².